The van der Waals surface area contributed by atoms with E-state index in [1.165, 1.54) is 27.7 Å². The molecule has 31 heavy (non-hydrogen) atoms. The number of rotatable bonds is 10. The molecule has 0 aliphatic carbocycles. The lowest BCUT2D eigenvalue weighted by molar-refractivity contribution is -0.208. The minimum Gasteiger partial charge on any atom is -0.463 e. The zero-order valence-corrected chi connectivity index (χ0v) is 17.9. The molecular formula is C19H28O12. The lowest BCUT2D eigenvalue weighted by Crippen LogP contribution is -2.66. The van der Waals surface area contributed by atoms with Crippen LogP contribution in [0.1, 0.15) is 27.7 Å². The van der Waals surface area contributed by atoms with Gasteiger partial charge < -0.3 is 33.9 Å². The molecule has 12 nitrogen and oxygen atoms in total. The van der Waals surface area contributed by atoms with Crippen molar-refractivity contribution in [3.8, 4) is 0 Å². The summed E-state index contributed by atoms with van der Waals surface area (Å²) in [7, 11) is 0. The van der Waals surface area contributed by atoms with E-state index in [-0.39, 0.29) is 26.4 Å². The molecule has 176 valence electrons. The van der Waals surface area contributed by atoms with Gasteiger partial charge in [0.05, 0.1) is 51.5 Å². The van der Waals surface area contributed by atoms with Gasteiger partial charge in [0.25, 0.3) is 11.2 Å². The van der Waals surface area contributed by atoms with Gasteiger partial charge in [-0.1, -0.05) is 0 Å². The van der Waals surface area contributed by atoms with Crippen molar-refractivity contribution in [1.29, 1.82) is 0 Å². The van der Waals surface area contributed by atoms with Crippen molar-refractivity contribution in [1.82, 2.24) is 0 Å². The van der Waals surface area contributed by atoms with Crippen molar-refractivity contribution in [3.05, 3.63) is 0 Å². The third-order valence-electron chi connectivity index (χ3n) is 4.61. The van der Waals surface area contributed by atoms with E-state index in [4.69, 9.17) is 23.7 Å². The lowest BCUT2D eigenvalue weighted by atomic mass is 9.72. The zero-order chi connectivity index (χ0) is 23.8. The molecule has 1 fully saturated rings. The second kappa shape index (κ2) is 11.2. The van der Waals surface area contributed by atoms with E-state index in [1.807, 2.05) is 0 Å². The monoisotopic (exact) mass is 448 g/mol. The Kier molecular flexibility index (Phi) is 9.53. The van der Waals surface area contributed by atoms with E-state index in [1.54, 1.807) is 0 Å². The topological polar surface area (TPSA) is 172 Å². The molecule has 0 saturated carbocycles. The van der Waals surface area contributed by atoms with Gasteiger partial charge in [-0.2, -0.15) is 0 Å². The van der Waals surface area contributed by atoms with Gasteiger partial charge in [-0.05, 0) is 27.7 Å². The van der Waals surface area contributed by atoms with E-state index < -0.39 is 65.9 Å². The smallest absolute Gasteiger partial charge is 0.350 e. The largest absolute Gasteiger partial charge is 0.463 e. The molecule has 0 bridgehead atoms. The SMILES string of the molecule is CCOC(=O)C(O)(C(=O)OCC)[C@@H]1COC[C@@H](C(O)(C(=O)OCC)C(=O)OCC)C1=O. The molecule has 0 unspecified atom stereocenters. The van der Waals surface area contributed by atoms with Crippen LogP contribution in [0.25, 0.3) is 0 Å². The third-order valence-corrected chi connectivity index (χ3v) is 4.61. The first-order valence-electron chi connectivity index (χ1n) is 9.82. The summed E-state index contributed by atoms with van der Waals surface area (Å²) in [6.07, 6.45) is 0. The van der Waals surface area contributed by atoms with Gasteiger partial charge in [0.2, 0.25) is 0 Å². The normalized spacial score (nSPS) is 19.4. The minimum atomic E-state index is -3.13. The van der Waals surface area contributed by atoms with Gasteiger partial charge in [0.1, 0.15) is 0 Å². The molecule has 1 heterocycles. The number of esters is 4. The summed E-state index contributed by atoms with van der Waals surface area (Å²) in [6.45, 7) is 3.40. The predicted octanol–water partition coefficient (Wildman–Crippen LogP) is -1.47. The summed E-state index contributed by atoms with van der Waals surface area (Å²) in [5.74, 6) is -11.0. The Morgan fingerprint density at radius 1 is 0.742 bits per heavy atom. The highest BCUT2D eigenvalue weighted by atomic mass is 16.6. The van der Waals surface area contributed by atoms with Crippen molar-refractivity contribution in [3.63, 3.8) is 0 Å². The summed E-state index contributed by atoms with van der Waals surface area (Å²) in [6, 6.07) is 0. The third kappa shape index (κ3) is 5.02. The van der Waals surface area contributed by atoms with Crippen molar-refractivity contribution in [2.45, 2.75) is 38.9 Å². The average molecular weight is 448 g/mol. The first kappa shape index (κ1) is 26.5. The molecule has 1 rings (SSSR count). The maximum atomic E-state index is 13.2. The highest BCUT2D eigenvalue weighted by Gasteiger charge is 2.65. The number of ether oxygens (including phenoxy) is 5. The molecule has 0 aromatic heterocycles. The maximum absolute atomic E-state index is 13.2. The van der Waals surface area contributed by atoms with E-state index in [0.717, 1.165) is 0 Å². The van der Waals surface area contributed by atoms with Crippen LogP contribution in [-0.4, -0.2) is 90.7 Å². The van der Waals surface area contributed by atoms with Crippen LogP contribution in [-0.2, 0) is 47.7 Å². The first-order valence-corrected chi connectivity index (χ1v) is 9.82. The second-order valence-corrected chi connectivity index (χ2v) is 6.46. The molecule has 0 radical (unpaired) electrons. The van der Waals surface area contributed by atoms with Gasteiger partial charge in [-0.15, -0.1) is 0 Å². The van der Waals surface area contributed by atoms with Crippen molar-refractivity contribution >= 4 is 29.7 Å². The number of carbonyl (C=O) groups excluding carboxylic acids is 5. The van der Waals surface area contributed by atoms with E-state index in [9.17, 15) is 34.2 Å². The van der Waals surface area contributed by atoms with E-state index >= 15 is 0 Å². The van der Waals surface area contributed by atoms with Crippen LogP contribution in [0.15, 0.2) is 0 Å². The van der Waals surface area contributed by atoms with Crippen molar-refractivity contribution < 1.29 is 57.9 Å². The molecule has 1 aliphatic rings. The summed E-state index contributed by atoms with van der Waals surface area (Å²) >= 11 is 0. The van der Waals surface area contributed by atoms with Gasteiger partial charge in [0.15, 0.2) is 5.78 Å². The molecule has 0 aromatic carbocycles. The molecule has 1 aliphatic heterocycles. The van der Waals surface area contributed by atoms with Crippen LogP contribution in [0, 0.1) is 11.8 Å². The van der Waals surface area contributed by atoms with Gasteiger partial charge >= 0.3 is 23.9 Å². The van der Waals surface area contributed by atoms with Crippen LogP contribution in [0.2, 0.25) is 0 Å². The summed E-state index contributed by atoms with van der Waals surface area (Å²) in [5.41, 5.74) is -6.27. The fourth-order valence-corrected chi connectivity index (χ4v) is 3.06. The van der Waals surface area contributed by atoms with E-state index in [2.05, 4.69) is 0 Å². The molecule has 0 spiro atoms. The Labute approximate surface area is 178 Å². The number of hydrogen-bond acceptors (Lipinski definition) is 12. The first-order chi connectivity index (χ1) is 14.6. The molecule has 2 N–H and O–H groups in total. The van der Waals surface area contributed by atoms with Crippen LogP contribution >= 0.6 is 0 Å². The van der Waals surface area contributed by atoms with Crippen LogP contribution in [0.5, 0.6) is 0 Å². The second-order valence-electron chi connectivity index (χ2n) is 6.46. The van der Waals surface area contributed by atoms with Crippen LogP contribution in [0.4, 0.5) is 0 Å². The maximum Gasteiger partial charge on any atom is 0.350 e. The highest BCUT2D eigenvalue weighted by Crippen LogP contribution is 2.35. The number of Topliss-reactive ketones (excluding diaryl/α,β-unsaturated/α-hetero) is 1. The fraction of sp³-hybridized carbons (Fsp3) is 0.737. The van der Waals surface area contributed by atoms with Gasteiger partial charge in [0, 0.05) is 0 Å². The number of aliphatic hydroxyl groups is 2. The van der Waals surface area contributed by atoms with Crippen molar-refractivity contribution in [2.24, 2.45) is 11.8 Å². The Bertz CT molecular complexity index is 608. The molecule has 1 saturated heterocycles. The number of ketones is 1. The average Bonchev–Trinajstić information content (AvgIpc) is 2.73. The molecule has 12 heteroatoms. The standard InChI is InChI=1S/C19H28O12/c1-5-28-14(21)18(25,15(22)29-6-2)11-9-27-10-12(13(11)20)19(26,16(23)30-7-3)17(24)31-8-4/h11-12,25-26H,5-10H2,1-4H3/t11-,12-/m1/s1. The van der Waals surface area contributed by atoms with E-state index in [0.29, 0.717) is 0 Å². The van der Waals surface area contributed by atoms with Crippen molar-refractivity contribution in [2.75, 3.05) is 39.6 Å². The molecular weight excluding hydrogens is 420 g/mol. The summed E-state index contributed by atoms with van der Waals surface area (Å²) < 4.78 is 24.1. The zero-order valence-electron chi connectivity index (χ0n) is 17.9. The molecule has 0 aromatic rings. The molecule has 0 amide bonds. The van der Waals surface area contributed by atoms with Crippen LogP contribution < -0.4 is 0 Å². The Morgan fingerprint density at radius 3 is 1.23 bits per heavy atom. The highest BCUT2D eigenvalue weighted by molar-refractivity contribution is 6.12. The van der Waals surface area contributed by atoms with Crippen LogP contribution in [0.3, 0.4) is 0 Å². The minimum absolute atomic E-state index is 0.235. The van der Waals surface area contributed by atoms with Gasteiger partial charge in [-0.3, -0.25) is 4.79 Å². The Hall–Kier alpha value is -2.57. The number of hydrogen-bond donors (Lipinski definition) is 2. The Morgan fingerprint density at radius 2 is 1.00 bits per heavy atom. The number of carbonyl (C=O) groups is 5. The summed E-state index contributed by atoms with van der Waals surface area (Å²) in [4.78, 5) is 62.9. The lowest BCUT2D eigenvalue weighted by Gasteiger charge is -2.39. The molecule has 2 atom stereocenters. The fourth-order valence-electron chi connectivity index (χ4n) is 3.06. The summed E-state index contributed by atoms with van der Waals surface area (Å²) in [5, 5.41) is 21.8. The predicted molar refractivity (Wildman–Crippen MR) is 99.2 cm³/mol. The quantitative estimate of drug-likeness (QED) is 0.226. The van der Waals surface area contributed by atoms with Gasteiger partial charge in [-0.25, -0.2) is 19.2 Å². The Balaban J connectivity index is 3.48.